The summed E-state index contributed by atoms with van der Waals surface area (Å²) >= 11 is 1.30. The van der Waals surface area contributed by atoms with Crippen LogP contribution in [-0.2, 0) is 0 Å². The van der Waals surface area contributed by atoms with Crippen LogP contribution >= 0.6 is 0 Å². The molecule has 1 aromatic rings. The Balaban J connectivity index is 2.88. The number of rotatable bonds is 1. The number of hydrogen-bond acceptors (Lipinski definition) is 3. The van der Waals surface area contributed by atoms with E-state index in [2.05, 4.69) is 15.3 Å². The summed E-state index contributed by atoms with van der Waals surface area (Å²) in [5.74, 6) is 0.821. The summed E-state index contributed by atoms with van der Waals surface area (Å²) < 4.78 is 1.03. The van der Waals surface area contributed by atoms with Gasteiger partial charge in [0.25, 0.3) is 0 Å². The Kier molecular flexibility index (Phi) is 2.27. The van der Waals surface area contributed by atoms with Gasteiger partial charge >= 0.3 is 66.8 Å². The molecule has 45 valence electrons. The van der Waals surface area contributed by atoms with Crippen LogP contribution < -0.4 is 9.03 Å². The first kappa shape index (κ1) is 6.79. The van der Waals surface area contributed by atoms with Crippen molar-refractivity contribution in [1.29, 1.82) is 0 Å². The SMILES string of the molecule is CNc1cn[c]([Sn])cn1. The van der Waals surface area contributed by atoms with Crippen molar-refractivity contribution in [2.45, 2.75) is 0 Å². The Hall–Kier alpha value is -0.321. The average Bonchev–Trinajstić information content (AvgIpc) is 1.90. The van der Waals surface area contributed by atoms with Gasteiger partial charge < -0.3 is 0 Å². The molecule has 4 heteroatoms. The van der Waals surface area contributed by atoms with Gasteiger partial charge in [-0.05, 0) is 0 Å². The van der Waals surface area contributed by atoms with E-state index in [4.69, 9.17) is 0 Å². The van der Waals surface area contributed by atoms with Gasteiger partial charge in [-0.3, -0.25) is 0 Å². The van der Waals surface area contributed by atoms with Crippen LogP contribution in [0.2, 0.25) is 0 Å². The molecule has 1 N–H and O–H groups in total. The predicted molar refractivity (Wildman–Crippen MR) is 37.0 cm³/mol. The molecule has 1 rings (SSSR count). The first-order chi connectivity index (χ1) is 4.33. The van der Waals surface area contributed by atoms with Crippen LogP contribution in [0.25, 0.3) is 0 Å². The molecule has 0 unspecified atom stereocenters. The zero-order valence-corrected chi connectivity index (χ0v) is 7.90. The third kappa shape index (κ3) is 1.82. The van der Waals surface area contributed by atoms with Crippen molar-refractivity contribution in [2.75, 3.05) is 12.4 Å². The first-order valence-corrected chi connectivity index (χ1v) is 3.97. The standard InChI is InChI=1S/C5H6N3.Sn/c1-6-5-4-7-2-3-8-5;/h3-4H,1H3,(H,6,8);. The molecule has 0 saturated heterocycles. The number of aromatic nitrogens is 2. The van der Waals surface area contributed by atoms with E-state index in [1.807, 2.05) is 7.05 Å². The minimum absolute atomic E-state index is 0.821. The fourth-order valence-electron chi connectivity index (χ4n) is 0.457. The van der Waals surface area contributed by atoms with Gasteiger partial charge in [0.15, 0.2) is 0 Å². The van der Waals surface area contributed by atoms with Crippen molar-refractivity contribution < 1.29 is 0 Å². The van der Waals surface area contributed by atoms with E-state index in [9.17, 15) is 0 Å². The number of hydrogen-bond donors (Lipinski definition) is 1. The van der Waals surface area contributed by atoms with Crippen LogP contribution in [0.5, 0.6) is 0 Å². The third-order valence-electron chi connectivity index (χ3n) is 0.908. The van der Waals surface area contributed by atoms with Gasteiger partial charge in [-0.25, -0.2) is 0 Å². The Bertz CT molecular complexity index is 184. The van der Waals surface area contributed by atoms with Gasteiger partial charge in [0.05, 0.1) is 0 Å². The monoisotopic (exact) mass is 228 g/mol. The van der Waals surface area contributed by atoms with Crippen LogP contribution in [0.15, 0.2) is 12.4 Å². The zero-order chi connectivity index (χ0) is 6.69. The van der Waals surface area contributed by atoms with Crippen LogP contribution in [0.1, 0.15) is 0 Å². The van der Waals surface area contributed by atoms with Crippen LogP contribution in [0.3, 0.4) is 0 Å². The molecule has 3 nitrogen and oxygen atoms in total. The van der Waals surface area contributed by atoms with Crippen molar-refractivity contribution >= 4 is 32.1 Å². The van der Waals surface area contributed by atoms with Crippen molar-refractivity contribution in [2.24, 2.45) is 0 Å². The van der Waals surface area contributed by atoms with Crippen LogP contribution in [0, 0.1) is 0 Å². The number of anilines is 1. The minimum atomic E-state index is 0.821. The molecule has 0 aliphatic carbocycles. The molecule has 9 heavy (non-hydrogen) atoms. The molecule has 1 aromatic heterocycles. The zero-order valence-electron chi connectivity index (χ0n) is 5.05. The summed E-state index contributed by atoms with van der Waals surface area (Å²) in [5, 5.41) is 2.89. The second-order valence-corrected chi connectivity index (χ2v) is 3.00. The van der Waals surface area contributed by atoms with E-state index in [-0.39, 0.29) is 0 Å². The van der Waals surface area contributed by atoms with Crippen molar-refractivity contribution in [3.63, 3.8) is 0 Å². The molecule has 0 aromatic carbocycles. The fraction of sp³-hybridized carbons (Fsp3) is 0.200. The Morgan fingerprint density at radius 3 is 2.67 bits per heavy atom. The van der Waals surface area contributed by atoms with Crippen molar-refractivity contribution in [3.05, 3.63) is 12.4 Å². The van der Waals surface area contributed by atoms with Gasteiger partial charge in [0.2, 0.25) is 0 Å². The summed E-state index contributed by atoms with van der Waals surface area (Å²) in [5.41, 5.74) is 0. The van der Waals surface area contributed by atoms with Gasteiger partial charge in [0.1, 0.15) is 0 Å². The number of nitrogens with one attached hydrogen (secondary N) is 1. The summed E-state index contributed by atoms with van der Waals surface area (Å²) in [6, 6.07) is 0. The van der Waals surface area contributed by atoms with E-state index in [1.165, 1.54) is 22.5 Å². The topological polar surface area (TPSA) is 37.8 Å². The van der Waals surface area contributed by atoms with E-state index in [1.54, 1.807) is 12.4 Å². The third-order valence-corrected chi connectivity index (χ3v) is 1.64. The molecule has 3 radical (unpaired) electrons. The molecule has 0 bridgehead atoms. The van der Waals surface area contributed by atoms with Crippen molar-refractivity contribution in [3.8, 4) is 0 Å². The molecule has 0 amide bonds. The maximum atomic E-state index is 4.06. The molecule has 0 fully saturated rings. The van der Waals surface area contributed by atoms with E-state index in [0.29, 0.717) is 0 Å². The Morgan fingerprint density at radius 2 is 2.22 bits per heavy atom. The van der Waals surface area contributed by atoms with Crippen LogP contribution in [0.4, 0.5) is 5.82 Å². The first-order valence-electron chi connectivity index (χ1n) is 2.54. The fourth-order valence-corrected chi connectivity index (χ4v) is 0.826. The quantitative estimate of drug-likeness (QED) is 0.645. The van der Waals surface area contributed by atoms with E-state index >= 15 is 0 Å². The van der Waals surface area contributed by atoms with E-state index in [0.717, 1.165) is 9.53 Å². The van der Waals surface area contributed by atoms with Gasteiger partial charge in [-0.15, -0.1) is 0 Å². The normalized spacial score (nSPS) is 9.11. The molecular weight excluding hydrogens is 221 g/mol. The molecule has 0 aliphatic heterocycles. The van der Waals surface area contributed by atoms with Gasteiger partial charge in [0, 0.05) is 0 Å². The average molecular weight is 227 g/mol. The predicted octanol–water partition coefficient (Wildman–Crippen LogP) is -0.688. The molecular formula is C5H6N3Sn. The second kappa shape index (κ2) is 3.00. The summed E-state index contributed by atoms with van der Waals surface area (Å²) in [4.78, 5) is 8.11. The Morgan fingerprint density at radius 1 is 1.44 bits per heavy atom. The molecule has 0 spiro atoms. The molecule has 0 saturated carbocycles. The molecule has 1 heterocycles. The van der Waals surface area contributed by atoms with E-state index < -0.39 is 0 Å². The molecule has 0 aliphatic rings. The van der Waals surface area contributed by atoms with Crippen molar-refractivity contribution in [1.82, 2.24) is 9.97 Å². The van der Waals surface area contributed by atoms with Gasteiger partial charge in [-0.2, -0.15) is 0 Å². The summed E-state index contributed by atoms with van der Waals surface area (Å²) in [6.07, 6.45) is 3.49. The Labute approximate surface area is 67.0 Å². The summed E-state index contributed by atoms with van der Waals surface area (Å²) in [6.45, 7) is 0. The summed E-state index contributed by atoms with van der Waals surface area (Å²) in [7, 11) is 1.83. The number of nitrogens with zero attached hydrogens (tertiary/aromatic N) is 2. The molecule has 0 atom stereocenters. The van der Waals surface area contributed by atoms with Crippen LogP contribution in [-0.4, -0.2) is 39.5 Å². The maximum absolute atomic E-state index is 4.06. The van der Waals surface area contributed by atoms with Gasteiger partial charge in [-0.1, -0.05) is 0 Å². The second-order valence-electron chi connectivity index (χ2n) is 1.54.